The number of carbonyl (C=O) groups excluding carboxylic acids is 1. The van der Waals surface area contributed by atoms with Crippen molar-refractivity contribution in [3.8, 4) is 0 Å². The van der Waals surface area contributed by atoms with E-state index in [9.17, 15) is 9.18 Å². The highest BCUT2D eigenvalue weighted by Gasteiger charge is 1.88. The summed E-state index contributed by atoms with van der Waals surface area (Å²) in [7, 11) is 0. The Labute approximate surface area is 64.2 Å². The molecule has 0 aliphatic carbocycles. The lowest BCUT2D eigenvalue weighted by molar-refractivity contribution is 0.564. The first-order chi connectivity index (χ1) is 5.33. The van der Waals surface area contributed by atoms with Crippen molar-refractivity contribution in [3.63, 3.8) is 0 Å². The van der Waals surface area contributed by atoms with E-state index < -0.39 is 0 Å². The van der Waals surface area contributed by atoms with Crippen molar-refractivity contribution in [1.29, 1.82) is 0 Å². The lowest BCUT2D eigenvalue weighted by Crippen LogP contribution is -1.74. The largest absolute Gasteiger partial charge is 0.286 e. The van der Waals surface area contributed by atoms with Gasteiger partial charge in [-0.1, -0.05) is 18.2 Å². The molecule has 0 spiro atoms. The van der Waals surface area contributed by atoms with Crippen LogP contribution in [0.4, 0.5) is 4.39 Å². The van der Waals surface area contributed by atoms with Crippen LogP contribution in [0.2, 0.25) is 0 Å². The average Bonchev–Trinajstić information content (AvgIpc) is 2.01. The molecule has 0 atom stereocenters. The Morgan fingerprint density at radius 2 is 2.27 bits per heavy atom. The maximum absolute atomic E-state index is 12.5. The number of rotatable bonds is 2. The molecule has 0 saturated heterocycles. The summed E-state index contributed by atoms with van der Waals surface area (Å²) in [5, 5.41) is 0. The predicted octanol–water partition coefficient (Wildman–Crippen LogP) is 1.95. The van der Waals surface area contributed by atoms with Crippen molar-refractivity contribution in [3.05, 3.63) is 41.7 Å². The van der Waals surface area contributed by atoms with E-state index in [1.165, 1.54) is 24.3 Å². The second-order valence-electron chi connectivity index (χ2n) is 2.01. The fourth-order valence-corrected chi connectivity index (χ4v) is 0.741. The standard InChI is InChI=1S/C9H6FO/c10-9-5-1-3-8(7-9)4-2-6-11/h1-5,7H. The Balaban J connectivity index is 2.87. The fourth-order valence-electron chi connectivity index (χ4n) is 0.741. The molecule has 0 N–H and O–H groups in total. The quantitative estimate of drug-likeness (QED) is 0.587. The highest BCUT2D eigenvalue weighted by atomic mass is 19.1. The first-order valence-electron chi connectivity index (χ1n) is 3.13. The van der Waals surface area contributed by atoms with Gasteiger partial charge in [0.2, 0.25) is 6.29 Å². The second-order valence-corrected chi connectivity index (χ2v) is 2.01. The topological polar surface area (TPSA) is 17.1 Å². The number of hydrogen-bond donors (Lipinski definition) is 0. The summed E-state index contributed by atoms with van der Waals surface area (Å²) in [6.45, 7) is 0. The lowest BCUT2D eigenvalue weighted by Gasteiger charge is -1.90. The van der Waals surface area contributed by atoms with Crippen molar-refractivity contribution in [1.82, 2.24) is 0 Å². The lowest BCUT2D eigenvalue weighted by atomic mass is 10.2. The molecule has 0 aromatic heterocycles. The highest BCUT2D eigenvalue weighted by molar-refractivity contribution is 5.74. The maximum atomic E-state index is 12.5. The monoisotopic (exact) mass is 149 g/mol. The van der Waals surface area contributed by atoms with Crippen LogP contribution in [-0.2, 0) is 4.79 Å². The van der Waals surface area contributed by atoms with Gasteiger partial charge in [-0.15, -0.1) is 0 Å². The first-order valence-corrected chi connectivity index (χ1v) is 3.13. The van der Waals surface area contributed by atoms with Crippen LogP contribution in [-0.4, -0.2) is 6.29 Å². The molecule has 11 heavy (non-hydrogen) atoms. The third-order valence-electron chi connectivity index (χ3n) is 1.19. The first kappa shape index (κ1) is 7.66. The molecule has 1 aromatic rings. The van der Waals surface area contributed by atoms with Crippen molar-refractivity contribution in [2.75, 3.05) is 0 Å². The smallest absolute Gasteiger partial charge is 0.225 e. The van der Waals surface area contributed by atoms with Gasteiger partial charge in [-0.05, 0) is 23.8 Å². The van der Waals surface area contributed by atoms with Crippen LogP contribution in [0.3, 0.4) is 0 Å². The van der Waals surface area contributed by atoms with E-state index in [2.05, 4.69) is 0 Å². The van der Waals surface area contributed by atoms with Crippen LogP contribution in [0.15, 0.2) is 30.3 Å². The summed E-state index contributed by atoms with van der Waals surface area (Å²) in [5.41, 5.74) is 0.661. The number of halogens is 1. The van der Waals surface area contributed by atoms with Crippen molar-refractivity contribution >= 4 is 12.4 Å². The minimum atomic E-state index is -0.307. The van der Waals surface area contributed by atoms with Crippen molar-refractivity contribution in [2.45, 2.75) is 0 Å². The molecule has 1 radical (unpaired) electrons. The number of hydrogen-bond acceptors (Lipinski definition) is 1. The van der Waals surface area contributed by atoms with Crippen LogP contribution >= 0.6 is 0 Å². The number of allylic oxidation sites excluding steroid dienone is 1. The van der Waals surface area contributed by atoms with Gasteiger partial charge in [0.25, 0.3) is 0 Å². The van der Waals surface area contributed by atoms with E-state index >= 15 is 0 Å². The van der Waals surface area contributed by atoms with Crippen LogP contribution in [0.1, 0.15) is 5.56 Å². The van der Waals surface area contributed by atoms with Gasteiger partial charge in [-0.3, -0.25) is 4.79 Å². The molecule has 55 valence electrons. The molecule has 0 bridgehead atoms. The normalized spacial score (nSPS) is 10.3. The summed E-state index contributed by atoms with van der Waals surface area (Å²) >= 11 is 0. The summed E-state index contributed by atoms with van der Waals surface area (Å²) in [6.07, 6.45) is 4.28. The summed E-state index contributed by atoms with van der Waals surface area (Å²) in [5.74, 6) is -0.307. The predicted molar refractivity (Wildman–Crippen MR) is 41.1 cm³/mol. The highest BCUT2D eigenvalue weighted by Crippen LogP contribution is 2.04. The second kappa shape index (κ2) is 3.66. The Kier molecular flexibility index (Phi) is 2.55. The molecule has 0 unspecified atom stereocenters. The molecule has 0 saturated carbocycles. The summed E-state index contributed by atoms with van der Waals surface area (Å²) < 4.78 is 12.5. The van der Waals surface area contributed by atoms with Gasteiger partial charge < -0.3 is 0 Å². The molecule has 0 heterocycles. The minimum absolute atomic E-state index is 0.307. The van der Waals surface area contributed by atoms with Gasteiger partial charge in [0, 0.05) is 0 Å². The zero-order chi connectivity index (χ0) is 8.10. The maximum Gasteiger partial charge on any atom is 0.225 e. The van der Waals surface area contributed by atoms with Crippen LogP contribution < -0.4 is 0 Å². The molecule has 2 heteroatoms. The number of benzene rings is 1. The van der Waals surface area contributed by atoms with E-state index in [1.54, 1.807) is 18.4 Å². The molecule has 0 aliphatic heterocycles. The Morgan fingerprint density at radius 1 is 1.45 bits per heavy atom. The summed E-state index contributed by atoms with van der Waals surface area (Å²) in [6, 6.07) is 5.98. The molecule has 0 fully saturated rings. The molecule has 0 amide bonds. The van der Waals surface area contributed by atoms with E-state index in [1.807, 2.05) is 0 Å². The van der Waals surface area contributed by atoms with E-state index in [-0.39, 0.29) is 5.82 Å². The van der Waals surface area contributed by atoms with Gasteiger partial charge in [0.05, 0.1) is 0 Å². The van der Waals surface area contributed by atoms with Crippen LogP contribution in [0, 0.1) is 5.82 Å². The van der Waals surface area contributed by atoms with Crippen LogP contribution in [0.5, 0.6) is 0 Å². The van der Waals surface area contributed by atoms with E-state index in [4.69, 9.17) is 0 Å². The summed E-state index contributed by atoms with van der Waals surface area (Å²) in [4.78, 5) is 9.76. The van der Waals surface area contributed by atoms with Gasteiger partial charge in [0.15, 0.2) is 0 Å². The molecule has 1 aromatic carbocycles. The Morgan fingerprint density at radius 3 is 2.91 bits per heavy atom. The van der Waals surface area contributed by atoms with E-state index in [0.717, 1.165) is 0 Å². The van der Waals surface area contributed by atoms with Crippen molar-refractivity contribution in [2.24, 2.45) is 0 Å². The molecule has 1 rings (SSSR count). The van der Waals surface area contributed by atoms with Gasteiger partial charge in [-0.25, -0.2) is 4.39 Å². The molecule has 1 nitrogen and oxygen atoms in total. The molecular formula is C9H6FO. The van der Waals surface area contributed by atoms with Gasteiger partial charge in [0.1, 0.15) is 5.82 Å². The van der Waals surface area contributed by atoms with Crippen molar-refractivity contribution < 1.29 is 9.18 Å². The molecular weight excluding hydrogens is 143 g/mol. The Hall–Kier alpha value is -1.44. The van der Waals surface area contributed by atoms with E-state index in [0.29, 0.717) is 5.56 Å². The molecule has 0 aliphatic rings. The zero-order valence-electron chi connectivity index (χ0n) is 5.75. The minimum Gasteiger partial charge on any atom is -0.286 e. The SMILES string of the molecule is O=[C]C=Cc1cccc(F)c1. The average molecular weight is 149 g/mol. The third kappa shape index (κ3) is 2.34. The van der Waals surface area contributed by atoms with Gasteiger partial charge >= 0.3 is 0 Å². The van der Waals surface area contributed by atoms with Gasteiger partial charge in [-0.2, -0.15) is 0 Å². The zero-order valence-corrected chi connectivity index (χ0v) is 5.75. The van der Waals surface area contributed by atoms with Crippen LogP contribution in [0.25, 0.3) is 6.08 Å². The fraction of sp³-hybridized carbons (Fsp3) is 0. The Bertz CT molecular complexity index is 279. The third-order valence-corrected chi connectivity index (χ3v) is 1.19.